The van der Waals surface area contributed by atoms with Crippen LogP contribution >= 0.6 is 0 Å². The first-order valence-electron chi connectivity index (χ1n) is 8.34. The van der Waals surface area contributed by atoms with Crippen molar-refractivity contribution >= 4 is 18.0 Å². The summed E-state index contributed by atoms with van der Waals surface area (Å²) in [6, 6.07) is 12.0. The van der Waals surface area contributed by atoms with Crippen molar-refractivity contribution in [3.05, 3.63) is 64.9 Å². The smallest absolute Gasteiger partial charge is 0.329 e. The molecule has 1 fully saturated rings. The first-order valence-corrected chi connectivity index (χ1v) is 8.34. The Morgan fingerprint density at radius 1 is 1.15 bits per heavy atom. The molecular weight excluding hydrogens is 332 g/mol. The molecule has 2 N–H and O–H groups in total. The number of benzene rings is 2. The number of phenolic OH excluding ortho intramolecular Hbond substituents is 1. The Hall–Kier alpha value is -3.28. The van der Waals surface area contributed by atoms with Crippen LogP contribution in [-0.2, 0) is 11.3 Å². The molecule has 0 unspecified atom stereocenters. The average Bonchev–Trinajstić information content (AvgIpc) is 2.87. The molecule has 2 aromatic carbocycles. The van der Waals surface area contributed by atoms with Crippen molar-refractivity contribution in [3.63, 3.8) is 0 Å². The highest BCUT2D eigenvalue weighted by atomic mass is 16.5. The van der Waals surface area contributed by atoms with Crippen molar-refractivity contribution in [1.29, 1.82) is 0 Å². The van der Waals surface area contributed by atoms with Crippen molar-refractivity contribution < 1.29 is 19.4 Å². The van der Waals surface area contributed by atoms with Crippen LogP contribution < -0.4 is 10.1 Å². The fourth-order valence-electron chi connectivity index (χ4n) is 2.65. The highest BCUT2D eigenvalue weighted by molar-refractivity contribution is 6.13. The topological polar surface area (TPSA) is 78.9 Å². The monoisotopic (exact) mass is 352 g/mol. The van der Waals surface area contributed by atoms with E-state index < -0.39 is 6.03 Å². The summed E-state index contributed by atoms with van der Waals surface area (Å²) in [5.74, 6) is -0.0338. The third kappa shape index (κ3) is 3.69. The maximum atomic E-state index is 12.6. The van der Waals surface area contributed by atoms with Crippen molar-refractivity contribution in [1.82, 2.24) is 10.2 Å². The largest absolute Gasteiger partial charge is 0.504 e. The van der Waals surface area contributed by atoms with Crippen LogP contribution in [0.2, 0.25) is 0 Å². The van der Waals surface area contributed by atoms with Crippen molar-refractivity contribution in [2.24, 2.45) is 0 Å². The van der Waals surface area contributed by atoms with Crippen LogP contribution in [0.25, 0.3) is 6.08 Å². The van der Waals surface area contributed by atoms with Gasteiger partial charge in [0, 0.05) is 0 Å². The van der Waals surface area contributed by atoms with Gasteiger partial charge in [0.2, 0.25) is 0 Å². The lowest BCUT2D eigenvalue weighted by atomic mass is 10.1. The SMILES string of the molecule is CCOc1cc(/C=C2/NC(=O)N(Cc3ccc(C)cc3)C2=O)ccc1O. The molecule has 0 aromatic heterocycles. The summed E-state index contributed by atoms with van der Waals surface area (Å²) in [5.41, 5.74) is 2.83. The minimum atomic E-state index is -0.453. The number of nitrogens with zero attached hydrogens (tertiary/aromatic N) is 1. The molecule has 3 amide bonds. The summed E-state index contributed by atoms with van der Waals surface area (Å²) >= 11 is 0. The number of ether oxygens (including phenoxy) is 1. The second-order valence-corrected chi connectivity index (χ2v) is 6.03. The van der Waals surface area contributed by atoms with Gasteiger partial charge in [-0.05, 0) is 43.2 Å². The average molecular weight is 352 g/mol. The summed E-state index contributed by atoms with van der Waals surface area (Å²) in [6.45, 7) is 4.41. The second-order valence-electron chi connectivity index (χ2n) is 6.03. The molecule has 1 saturated heterocycles. The lowest BCUT2D eigenvalue weighted by molar-refractivity contribution is -0.123. The molecule has 6 nitrogen and oxygen atoms in total. The van der Waals surface area contributed by atoms with E-state index in [1.54, 1.807) is 18.2 Å². The molecule has 2 aromatic rings. The maximum absolute atomic E-state index is 12.6. The first-order chi connectivity index (χ1) is 12.5. The number of carbonyl (C=O) groups excluding carboxylic acids is 2. The number of carbonyl (C=O) groups is 2. The van der Waals surface area contributed by atoms with E-state index in [9.17, 15) is 14.7 Å². The quantitative estimate of drug-likeness (QED) is 0.640. The predicted molar refractivity (Wildman–Crippen MR) is 97.5 cm³/mol. The number of imide groups is 1. The van der Waals surface area contributed by atoms with Gasteiger partial charge < -0.3 is 15.2 Å². The van der Waals surface area contributed by atoms with E-state index in [0.29, 0.717) is 17.9 Å². The highest BCUT2D eigenvalue weighted by Gasteiger charge is 2.33. The zero-order valence-corrected chi connectivity index (χ0v) is 14.7. The van der Waals surface area contributed by atoms with Gasteiger partial charge >= 0.3 is 6.03 Å². The van der Waals surface area contributed by atoms with Gasteiger partial charge in [0.1, 0.15) is 5.70 Å². The fraction of sp³-hybridized carbons (Fsp3) is 0.200. The number of nitrogens with one attached hydrogen (secondary N) is 1. The molecule has 0 bridgehead atoms. The molecule has 0 spiro atoms. The number of urea groups is 1. The van der Waals surface area contributed by atoms with Crippen LogP contribution in [0, 0.1) is 6.92 Å². The van der Waals surface area contributed by atoms with E-state index in [1.807, 2.05) is 38.1 Å². The van der Waals surface area contributed by atoms with E-state index >= 15 is 0 Å². The number of hydrogen-bond acceptors (Lipinski definition) is 4. The Labute approximate surface area is 151 Å². The summed E-state index contributed by atoms with van der Waals surface area (Å²) in [7, 11) is 0. The lowest BCUT2D eigenvalue weighted by Crippen LogP contribution is -2.30. The molecule has 0 aliphatic carbocycles. The van der Waals surface area contributed by atoms with Gasteiger partial charge in [0.15, 0.2) is 11.5 Å². The maximum Gasteiger partial charge on any atom is 0.329 e. The highest BCUT2D eigenvalue weighted by Crippen LogP contribution is 2.28. The minimum Gasteiger partial charge on any atom is -0.504 e. The molecule has 0 radical (unpaired) electrons. The van der Waals surface area contributed by atoms with Crippen LogP contribution in [0.1, 0.15) is 23.6 Å². The zero-order chi connectivity index (χ0) is 18.7. The van der Waals surface area contributed by atoms with Gasteiger partial charge in [0.05, 0.1) is 13.2 Å². The van der Waals surface area contributed by atoms with Crippen LogP contribution in [0.15, 0.2) is 48.2 Å². The van der Waals surface area contributed by atoms with Gasteiger partial charge in [-0.15, -0.1) is 0 Å². The van der Waals surface area contributed by atoms with Crippen LogP contribution in [0.3, 0.4) is 0 Å². The Bertz CT molecular complexity index is 872. The summed E-state index contributed by atoms with van der Waals surface area (Å²) in [4.78, 5) is 25.9. The molecule has 26 heavy (non-hydrogen) atoms. The molecule has 134 valence electrons. The second kappa shape index (κ2) is 7.31. The van der Waals surface area contributed by atoms with E-state index in [0.717, 1.165) is 11.1 Å². The number of hydrogen-bond donors (Lipinski definition) is 2. The predicted octanol–water partition coefficient (Wildman–Crippen LogP) is 3.19. The number of phenols is 1. The van der Waals surface area contributed by atoms with Crippen molar-refractivity contribution in [2.75, 3.05) is 6.61 Å². The Balaban J connectivity index is 1.80. The zero-order valence-electron chi connectivity index (χ0n) is 14.7. The Morgan fingerprint density at radius 2 is 1.88 bits per heavy atom. The summed E-state index contributed by atoms with van der Waals surface area (Å²) in [5, 5.41) is 12.4. The Morgan fingerprint density at radius 3 is 2.58 bits per heavy atom. The van der Waals surface area contributed by atoms with Gasteiger partial charge in [-0.2, -0.15) is 0 Å². The van der Waals surface area contributed by atoms with Crippen LogP contribution in [0.4, 0.5) is 4.79 Å². The molecule has 0 atom stereocenters. The number of aryl methyl sites for hydroxylation is 1. The van der Waals surface area contributed by atoms with Gasteiger partial charge in [-0.25, -0.2) is 4.79 Å². The van der Waals surface area contributed by atoms with E-state index in [2.05, 4.69) is 5.32 Å². The minimum absolute atomic E-state index is 0.0248. The molecular formula is C20H20N2O4. The third-order valence-electron chi connectivity index (χ3n) is 4.02. The van der Waals surface area contributed by atoms with Crippen molar-refractivity contribution in [2.45, 2.75) is 20.4 Å². The Kier molecular flexibility index (Phi) is 4.93. The molecule has 1 aliphatic rings. The normalized spacial score (nSPS) is 15.5. The molecule has 3 rings (SSSR count). The first kappa shape index (κ1) is 17.5. The van der Waals surface area contributed by atoms with Gasteiger partial charge in [-0.1, -0.05) is 35.9 Å². The molecule has 0 saturated carbocycles. The van der Waals surface area contributed by atoms with Crippen LogP contribution in [-0.4, -0.2) is 28.6 Å². The van der Waals surface area contributed by atoms with Crippen LogP contribution in [0.5, 0.6) is 11.5 Å². The van der Waals surface area contributed by atoms with E-state index in [4.69, 9.17) is 4.74 Å². The van der Waals surface area contributed by atoms with Gasteiger partial charge in [0.25, 0.3) is 5.91 Å². The van der Waals surface area contributed by atoms with E-state index in [1.165, 1.54) is 11.0 Å². The third-order valence-corrected chi connectivity index (χ3v) is 4.02. The van der Waals surface area contributed by atoms with Crippen molar-refractivity contribution in [3.8, 4) is 11.5 Å². The molecule has 1 heterocycles. The molecule has 1 aliphatic heterocycles. The number of aromatic hydroxyl groups is 1. The van der Waals surface area contributed by atoms with Gasteiger partial charge in [-0.3, -0.25) is 9.69 Å². The summed E-state index contributed by atoms with van der Waals surface area (Å²) < 4.78 is 5.34. The standard InChI is InChI=1S/C20H20N2O4/c1-3-26-18-11-15(8-9-17(18)23)10-16-19(24)22(20(25)21-16)12-14-6-4-13(2)5-7-14/h4-11,23H,3,12H2,1-2H3,(H,21,25)/b16-10+. The fourth-order valence-corrected chi connectivity index (χ4v) is 2.65. The molecule has 6 heteroatoms. The number of rotatable bonds is 5. The summed E-state index contributed by atoms with van der Waals surface area (Å²) in [6.07, 6.45) is 1.57. The lowest BCUT2D eigenvalue weighted by Gasteiger charge is -2.11. The number of amides is 3. The van der Waals surface area contributed by atoms with E-state index in [-0.39, 0.29) is 23.9 Å².